The number of carbonyl (C=O) groups is 1. The first-order valence-corrected chi connectivity index (χ1v) is 6.96. The summed E-state index contributed by atoms with van der Waals surface area (Å²) in [5, 5.41) is 2.91. The molecular weight excluding hydrogens is 272 g/mol. The summed E-state index contributed by atoms with van der Waals surface area (Å²) in [6.45, 7) is 2.88. The van der Waals surface area contributed by atoms with Crippen LogP contribution in [-0.2, 0) is 11.3 Å². The first kappa shape index (κ1) is 13.7. The van der Waals surface area contributed by atoms with Crippen LogP contribution in [0, 0.1) is 0 Å². The number of nitrogens with zero attached hydrogens (tertiary/aromatic N) is 3. The second kappa shape index (κ2) is 6.45. The van der Waals surface area contributed by atoms with E-state index in [9.17, 15) is 4.79 Å². The van der Waals surface area contributed by atoms with Crippen molar-refractivity contribution in [2.24, 2.45) is 0 Å². The molecule has 0 unspecified atom stereocenters. The topological polar surface area (TPSA) is 72.5 Å². The fraction of sp³-hybridized carbons (Fsp3) is 0.429. The van der Waals surface area contributed by atoms with Gasteiger partial charge in [-0.15, -0.1) is 0 Å². The number of furan rings is 1. The Hall–Kier alpha value is -2.28. The second-order valence-electron chi connectivity index (χ2n) is 4.85. The molecule has 1 saturated heterocycles. The quantitative estimate of drug-likeness (QED) is 0.920. The van der Waals surface area contributed by atoms with Gasteiger partial charge in [0.05, 0.1) is 25.7 Å². The van der Waals surface area contributed by atoms with Crippen molar-refractivity contribution in [1.29, 1.82) is 0 Å². The molecule has 1 N–H and O–H groups in total. The summed E-state index contributed by atoms with van der Waals surface area (Å²) in [4.78, 5) is 17.9. The molecule has 0 saturated carbocycles. The molecule has 0 aromatic carbocycles. The monoisotopic (exact) mass is 290 g/mol. The van der Waals surface area contributed by atoms with Crippen molar-refractivity contribution in [3.63, 3.8) is 0 Å². The third-order valence-corrected chi connectivity index (χ3v) is 3.42. The average molecular weight is 290 g/mol. The van der Waals surface area contributed by atoms with E-state index in [1.54, 1.807) is 23.7 Å². The number of hydrogen-bond donors (Lipinski definition) is 1. The lowest BCUT2D eigenvalue weighted by atomic mass is 10.2. The van der Waals surface area contributed by atoms with Gasteiger partial charge in [-0.3, -0.25) is 0 Å². The molecule has 1 fully saturated rings. The van der Waals surface area contributed by atoms with E-state index in [4.69, 9.17) is 9.15 Å². The van der Waals surface area contributed by atoms with E-state index < -0.39 is 0 Å². The molecule has 1 aliphatic rings. The molecule has 112 valence electrons. The molecule has 2 aromatic heterocycles. The largest absolute Gasteiger partial charge is 0.467 e. The Labute approximate surface area is 122 Å². The van der Waals surface area contributed by atoms with Crippen LogP contribution in [0.4, 0.5) is 4.79 Å². The van der Waals surface area contributed by atoms with Crippen molar-refractivity contribution in [1.82, 2.24) is 19.8 Å². The Bertz CT molecular complexity index is 553. The normalized spacial score (nSPS) is 18.7. The highest BCUT2D eigenvalue weighted by molar-refractivity contribution is 5.74. The number of urea groups is 1. The lowest BCUT2D eigenvalue weighted by Crippen LogP contribution is -2.47. The van der Waals surface area contributed by atoms with E-state index in [2.05, 4.69) is 10.3 Å². The van der Waals surface area contributed by atoms with Crippen LogP contribution >= 0.6 is 0 Å². The van der Waals surface area contributed by atoms with Gasteiger partial charge in [0.15, 0.2) is 0 Å². The molecule has 0 bridgehead atoms. The third-order valence-electron chi connectivity index (χ3n) is 3.42. The fourth-order valence-corrected chi connectivity index (χ4v) is 2.30. The summed E-state index contributed by atoms with van der Waals surface area (Å²) in [5.41, 5.74) is 0. The van der Waals surface area contributed by atoms with Gasteiger partial charge in [0, 0.05) is 32.0 Å². The van der Waals surface area contributed by atoms with E-state index in [1.165, 1.54) is 0 Å². The second-order valence-corrected chi connectivity index (χ2v) is 4.85. The van der Waals surface area contributed by atoms with Crippen LogP contribution in [0.2, 0.25) is 0 Å². The van der Waals surface area contributed by atoms with Gasteiger partial charge in [-0.05, 0) is 12.1 Å². The molecule has 3 heterocycles. The molecule has 0 aliphatic carbocycles. The van der Waals surface area contributed by atoms with Crippen molar-refractivity contribution in [3.8, 4) is 0 Å². The first-order valence-electron chi connectivity index (χ1n) is 6.96. The summed E-state index contributed by atoms with van der Waals surface area (Å²) in [6, 6.07) is 3.61. The number of nitrogens with one attached hydrogen (secondary N) is 1. The summed E-state index contributed by atoms with van der Waals surface area (Å²) in [7, 11) is 0. The summed E-state index contributed by atoms with van der Waals surface area (Å²) in [6.07, 6.45) is 6.75. The minimum Gasteiger partial charge on any atom is -0.467 e. The number of ether oxygens (including phenoxy) is 1. The van der Waals surface area contributed by atoms with Gasteiger partial charge in [0.2, 0.25) is 0 Å². The molecule has 1 atom stereocenters. The first-order chi connectivity index (χ1) is 10.3. The maximum atomic E-state index is 12.1. The molecule has 7 nitrogen and oxygen atoms in total. The molecule has 0 spiro atoms. The number of aromatic nitrogens is 2. The number of morpholine rings is 1. The molecule has 7 heteroatoms. The lowest BCUT2D eigenvalue weighted by Gasteiger charge is -2.32. The molecule has 2 amide bonds. The SMILES string of the molecule is O=C(NCCn1ccnc1)N1CCO[C@H](c2ccco2)C1. The van der Waals surface area contributed by atoms with Crippen molar-refractivity contribution < 1.29 is 13.9 Å². The summed E-state index contributed by atoms with van der Waals surface area (Å²) < 4.78 is 12.9. The molecule has 3 rings (SSSR count). The predicted molar refractivity (Wildman–Crippen MR) is 74.6 cm³/mol. The van der Waals surface area contributed by atoms with Gasteiger partial charge in [-0.25, -0.2) is 9.78 Å². The van der Waals surface area contributed by atoms with E-state index >= 15 is 0 Å². The van der Waals surface area contributed by atoms with Gasteiger partial charge < -0.3 is 23.9 Å². The van der Waals surface area contributed by atoms with E-state index in [1.807, 2.05) is 22.9 Å². The number of imidazole rings is 1. The number of rotatable bonds is 4. The fourth-order valence-electron chi connectivity index (χ4n) is 2.30. The summed E-state index contributed by atoms with van der Waals surface area (Å²) in [5.74, 6) is 0.755. The Balaban J connectivity index is 1.48. The van der Waals surface area contributed by atoms with Crippen LogP contribution in [0.5, 0.6) is 0 Å². The van der Waals surface area contributed by atoms with Crippen molar-refractivity contribution in [2.75, 3.05) is 26.2 Å². The van der Waals surface area contributed by atoms with Crippen molar-refractivity contribution >= 4 is 6.03 Å². The van der Waals surface area contributed by atoms with Gasteiger partial charge >= 0.3 is 6.03 Å². The lowest BCUT2D eigenvalue weighted by molar-refractivity contribution is -0.0260. The smallest absolute Gasteiger partial charge is 0.317 e. The highest BCUT2D eigenvalue weighted by Gasteiger charge is 2.26. The Morgan fingerprint density at radius 3 is 3.24 bits per heavy atom. The number of carbonyl (C=O) groups excluding carboxylic acids is 1. The van der Waals surface area contributed by atoms with Gasteiger partial charge in [0.25, 0.3) is 0 Å². The van der Waals surface area contributed by atoms with Crippen LogP contribution < -0.4 is 5.32 Å². The number of hydrogen-bond acceptors (Lipinski definition) is 4. The van der Waals surface area contributed by atoms with Crippen LogP contribution in [0.3, 0.4) is 0 Å². The van der Waals surface area contributed by atoms with E-state index in [-0.39, 0.29) is 12.1 Å². The number of amides is 2. The summed E-state index contributed by atoms with van der Waals surface area (Å²) >= 11 is 0. The zero-order valence-electron chi connectivity index (χ0n) is 11.6. The van der Waals surface area contributed by atoms with Crippen molar-refractivity contribution in [2.45, 2.75) is 12.6 Å². The average Bonchev–Trinajstić information content (AvgIpc) is 3.21. The third kappa shape index (κ3) is 3.43. The minimum absolute atomic E-state index is 0.0741. The van der Waals surface area contributed by atoms with Crippen molar-refractivity contribution in [3.05, 3.63) is 42.9 Å². The van der Waals surface area contributed by atoms with Gasteiger partial charge in [-0.1, -0.05) is 0 Å². The van der Waals surface area contributed by atoms with Crippen LogP contribution in [0.1, 0.15) is 11.9 Å². The predicted octanol–water partition coefficient (Wildman–Crippen LogP) is 1.26. The molecule has 0 radical (unpaired) electrons. The highest BCUT2D eigenvalue weighted by atomic mass is 16.5. The highest BCUT2D eigenvalue weighted by Crippen LogP contribution is 2.22. The molecule has 21 heavy (non-hydrogen) atoms. The van der Waals surface area contributed by atoms with E-state index in [0.29, 0.717) is 32.8 Å². The maximum Gasteiger partial charge on any atom is 0.317 e. The zero-order valence-corrected chi connectivity index (χ0v) is 11.6. The van der Waals surface area contributed by atoms with Crippen LogP contribution in [0.25, 0.3) is 0 Å². The minimum atomic E-state index is -0.187. The van der Waals surface area contributed by atoms with Crippen LogP contribution in [0.15, 0.2) is 41.5 Å². The zero-order chi connectivity index (χ0) is 14.5. The molecular formula is C14H18N4O3. The maximum absolute atomic E-state index is 12.1. The standard InChI is InChI=1S/C14H18N4O3/c19-14(16-4-6-17-5-3-15-11-17)18-7-9-21-13(10-18)12-2-1-8-20-12/h1-3,5,8,11,13H,4,6-7,9-10H2,(H,16,19)/t13-/m0/s1. The molecule has 1 aliphatic heterocycles. The van der Waals surface area contributed by atoms with Gasteiger partial charge in [0.1, 0.15) is 11.9 Å². The Morgan fingerprint density at radius 2 is 2.48 bits per heavy atom. The van der Waals surface area contributed by atoms with E-state index in [0.717, 1.165) is 5.76 Å². The molecule has 2 aromatic rings. The van der Waals surface area contributed by atoms with Crippen LogP contribution in [-0.4, -0.2) is 46.7 Å². The Kier molecular flexibility index (Phi) is 4.20. The Morgan fingerprint density at radius 1 is 1.52 bits per heavy atom. The van der Waals surface area contributed by atoms with Gasteiger partial charge in [-0.2, -0.15) is 0 Å².